The van der Waals surface area contributed by atoms with Crippen LogP contribution in [0.5, 0.6) is 0 Å². The average molecular weight is 484 g/mol. The lowest BCUT2D eigenvalue weighted by atomic mass is 9.99. The fourth-order valence-electron chi connectivity index (χ4n) is 4.38. The number of nitrogens with one attached hydrogen (secondary N) is 1. The number of benzene rings is 2. The molecule has 0 bridgehead atoms. The Kier molecular flexibility index (Phi) is 6.82. The molecule has 2 heterocycles. The number of carbonyl (C=O) groups excluding carboxylic acids is 2. The van der Waals surface area contributed by atoms with E-state index >= 15 is 0 Å². The van der Waals surface area contributed by atoms with Crippen LogP contribution in [-0.4, -0.2) is 33.8 Å². The van der Waals surface area contributed by atoms with Crippen molar-refractivity contribution in [3.8, 4) is 0 Å². The van der Waals surface area contributed by atoms with Crippen molar-refractivity contribution in [2.24, 2.45) is 5.73 Å². The van der Waals surface area contributed by atoms with Crippen LogP contribution in [0.2, 0.25) is 5.02 Å². The van der Waals surface area contributed by atoms with Gasteiger partial charge < -0.3 is 15.6 Å². The van der Waals surface area contributed by atoms with Crippen molar-refractivity contribution in [3.63, 3.8) is 0 Å². The summed E-state index contributed by atoms with van der Waals surface area (Å²) in [4.78, 5) is 27.0. The van der Waals surface area contributed by atoms with E-state index in [4.69, 9.17) is 27.2 Å². The third-order valence-electron chi connectivity index (χ3n) is 5.98. The fourth-order valence-corrected chi connectivity index (χ4v) is 4.74. The second kappa shape index (κ2) is 9.50. The lowest BCUT2D eigenvalue weighted by molar-refractivity contribution is 0.0534. The van der Waals surface area contributed by atoms with Crippen LogP contribution < -0.4 is 11.1 Å². The summed E-state index contributed by atoms with van der Waals surface area (Å²) in [6.45, 7) is 5.94. The molecule has 0 saturated heterocycles. The number of Topliss-reactive ketones (excluding diaryl/α,β-unsaturated/α-hetero) is 1. The van der Waals surface area contributed by atoms with Gasteiger partial charge in [-0.25, -0.2) is 9.36 Å². The molecule has 2 atom stereocenters. The standard InChI is InChI=1S/C26H30ClN3O4/c1-26(2,3)34-25(33)30-20-11-10-17(19(28)9-6-12-31)22(27)18(20)13-21(30)24(32)23-16-8-5-4-7-15(16)14-29-23/h4-5,7-8,10-11,13,19,23,29,31H,6,9,12,14,28H2,1-3H3. The van der Waals surface area contributed by atoms with Crippen molar-refractivity contribution in [2.45, 2.75) is 57.8 Å². The molecule has 1 aliphatic heterocycles. The maximum atomic E-state index is 13.8. The number of aliphatic hydroxyl groups is 1. The van der Waals surface area contributed by atoms with Crippen molar-refractivity contribution in [1.29, 1.82) is 0 Å². The topological polar surface area (TPSA) is 107 Å². The van der Waals surface area contributed by atoms with Crippen molar-refractivity contribution in [1.82, 2.24) is 9.88 Å². The molecular weight excluding hydrogens is 454 g/mol. The molecule has 0 radical (unpaired) electrons. The summed E-state index contributed by atoms with van der Waals surface area (Å²) >= 11 is 6.75. The Morgan fingerprint density at radius 3 is 2.71 bits per heavy atom. The number of carbonyl (C=O) groups is 2. The number of hydrogen-bond acceptors (Lipinski definition) is 6. The van der Waals surface area contributed by atoms with Gasteiger partial charge in [-0.3, -0.25) is 10.1 Å². The van der Waals surface area contributed by atoms with E-state index < -0.39 is 17.7 Å². The highest BCUT2D eigenvalue weighted by Crippen LogP contribution is 2.36. The molecule has 0 aliphatic carbocycles. The monoisotopic (exact) mass is 483 g/mol. The van der Waals surface area contributed by atoms with Crippen molar-refractivity contribution >= 4 is 34.4 Å². The molecule has 4 N–H and O–H groups in total. The van der Waals surface area contributed by atoms with Gasteiger partial charge in [0, 0.05) is 24.6 Å². The molecule has 0 spiro atoms. The van der Waals surface area contributed by atoms with E-state index in [1.165, 1.54) is 4.57 Å². The molecule has 3 aromatic rings. The fraction of sp³-hybridized carbons (Fsp3) is 0.385. The number of ether oxygens (including phenoxy) is 1. The molecule has 180 valence electrons. The number of aliphatic hydroxyl groups excluding tert-OH is 1. The predicted octanol–water partition coefficient (Wildman–Crippen LogP) is 4.88. The number of rotatable bonds is 6. The molecule has 34 heavy (non-hydrogen) atoms. The van der Waals surface area contributed by atoms with Crippen LogP contribution in [0.4, 0.5) is 4.79 Å². The Balaban J connectivity index is 1.84. The predicted molar refractivity (Wildman–Crippen MR) is 132 cm³/mol. The first-order chi connectivity index (χ1) is 16.1. The Morgan fingerprint density at radius 2 is 2.00 bits per heavy atom. The number of nitrogens with zero attached hydrogens (tertiary/aromatic N) is 1. The van der Waals surface area contributed by atoms with Gasteiger partial charge in [-0.05, 0) is 62.4 Å². The van der Waals surface area contributed by atoms with Gasteiger partial charge in [-0.1, -0.05) is 41.9 Å². The Bertz CT molecular complexity index is 1240. The highest BCUT2D eigenvalue weighted by Gasteiger charge is 2.34. The minimum absolute atomic E-state index is 0.0388. The van der Waals surface area contributed by atoms with Gasteiger partial charge in [0.15, 0.2) is 0 Å². The Hall–Kier alpha value is -2.71. The molecule has 8 heteroatoms. The number of halogens is 1. The number of fused-ring (bicyclic) bond motifs is 2. The summed E-state index contributed by atoms with van der Waals surface area (Å²) in [6, 6.07) is 11.9. The summed E-state index contributed by atoms with van der Waals surface area (Å²) < 4.78 is 6.95. The third-order valence-corrected chi connectivity index (χ3v) is 6.40. The van der Waals surface area contributed by atoms with Crippen LogP contribution in [0.3, 0.4) is 0 Å². The molecule has 7 nitrogen and oxygen atoms in total. The van der Waals surface area contributed by atoms with Crippen LogP contribution in [-0.2, 0) is 11.3 Å². The molecule has 0 saturated carbocycles. The summed E-state index contributed by atoms with van der Waals surface area (Å²) in [5.74, 6) is -0.241. The zero-order valence-corrected chi connectivity index (χ0v) is 20.4. The van der Waals surface area contributed by atoms with Crippen LogP contribution in [0.15, 0.2) is 42.5 Å². The van der Waals surface area contributed by atoms with E-state index in [1.54, 1.807) is 39.0 Å². The van der Waals surface area contributed by atoms with Crippen molar-refractivity contribution < 1.29 is 19.4 Å². The van der Waals surface area contributed by atoms with Crippen molar-refractivity contribution in [2.75, 3.05) is 6.61 Å². The smallest absolute Gasteiger partial charge is 0.419 e. The summed E-state index contributed by atoms with van der Waals surface area (Å²) in [5, 5.41) is 13.3. The van der Waals surface area contributed by atoms with E-state index in [0.29, 0.717) is 40.9 Å². The molecule has 1 aliphatic rings. The Morgan fingerprint density at radius 1 is 1.26 bits per heavy atom. The van der Waals surface area contributed by atoms with Gasteiger partial charge in [0.1, 0.15) is 5.60 Å². The van der Waals surface area contributed by atoms with E-state index in [0.717, 1.165) is 11.1 Å². The van der Waals surface area contributed by atoms with E-state index in [9.17, 15) is 9.59 Å². The number of nitrogens with two attached hydrogens (primary N) is 1. The van der Waals surface area contributed by atoms with E-state index in [1.807, 2.05) is 24.3 Å². The van der Waals surface area contributed by atoms with Crippen LogP contribution >= 0.6 is 11.6 Å². The molecule has 0 fully saturated rings. The van der Waals surface area contributed by atoms with Gasteiger partial charge in [-0.15, -0.1) is 0 Å². The largest absolute Gasteiger partial charge is 0.443 e. The molecule has 1 aromatic heterocycles. The molecule has 4 rings (SSSR count). The molecular formula is C26H30ClN3O4. The number of hydrogen-bond donors (Lipinski definition) is 3. The highest BCUT2D eigenvalue weighted by molar-refractivity contribution is 6.36. The lowest BCUT2D eigenvalue weighted by Crippen LogP contribution is -2.31. The van der Waals surface area contributed by atoms with Crippen LogP contribution in [0, 0.1) is 0 Å². The number of aromatic nitrogens is 1. The van der Waals surface area contributed by atoms with Gasteiger partial charge >= 0.3 is 6.09 Å². The van der Waals surface area contributed by atoms with Crippen LogP contribution in [0.1, 0.15) is 72.9 Å². The van der Waals surface area contributed by atoms with E-state index in [2.05, 4.69) is 5.32 Å². The first kappa shape index (κ1) is 24.4. The first-order valence-electron chi connectivity index (χ1n) is 11.4. The normalized spacial score (nSPS) is 16.5. The third kappa shape index (κ3) is 4.61. The Labute approximate surface area is 203 Å². The van der Waals surface area contributed by atoms with Crippen LogP contribution in [0.25, 0.3) is 10.9 Å². The minimum Gasteiger partial charge on any atom is -0.443 e. The minimum atomic E-state index is -0.747. The molecule has 0 amide bonds. The highest BCUT2D eigenvalue weighted by atomic mass is 35.5. The molecule has 2 aromatic carbocycles. The van der Waals surface area contributed by atoms with Gasteiger partial charge in [0.2, 0.25) is 5.78 Å². The average Bonchev–Trinajstić information content (AvgIpc) is 3.38. The van der Waals surface area contributed by atoms with Gasteiger partial charge in [0.05, 0.1) is 22.3 Å². The quantitative estimate of drug-likeness (QED) is 0.431. The van der Waals surface area contributed by atoms with Gasteiger partial charge in [-0.2, -0.15) is 0 Å². The van der Waals surface area contributed by atoms with Gasteiger partial charge in [0.25, 0.3) is 0 Å². The summed E-state index contributed by atoms with van der Waals surface area (Å²) in [5.41, 5.74) is 8.88. The SMILES string of the molecule is CC(C)(C)OC(=O)n1c(C(=O)C2NCc3ccccc32)cc2c(Cl)c(C(N)CCCO)ccc21. The first-order valence-corrected chi connectivity index (χ1v) is 11.8. The maximum Gasteiger partial charge on any atom is 0.419 e. The van der Waals surface area contributed by atoms with E-state index in [-0.39, 0.29) is 24.1 Å². The number of ketones is 1. The second-order valence-corrected chi connectivity index (χ2v) is 9.97. The zero-order chi connectivity index (χ0) is 24.6. The van der Waals surface area contributed by atoms with Crippen molar-refractivity contribution in [3.05, 3.63) is 69.9 Å². The maximum absolute atomic E-state index is 13.8. The summed E-state index contributed by atoms with van der Waals surface area (Å²) in [7, 11) is 0. The second-order valence-electron chi connectivity index (χ2n) is 9.60. The zero-order valence-electron chi connectivity index (χ0n) is 19.6. The summed E-state index contributed by atoms with van der Waals surface area (Å²) in [6.07, 6.45) is 0.458. The molecule has 2 unspecified atom stereocenters. The lowest BCUT2D eigenvalue weighted by Gasteiger charge is -2.21.